The molecule has 0 bridgehead atoms. The van der Waals surface area contributed by atoms with Crippen molar-refractivity contribution < 1.29 is 19.1 Å². The molecule has 4 rings (SSSR count). The third-order valence-corrected chi connectivity index (χ3v) is 5.75. The molecule has 30 heavy (non-hydrogen) atoms. The molecule has 0 amide bonds. The van der Waals surface area contributed by atoms with Crippen LogP contribution in [0, 0.1) is 0 Å². The Labute approximate surface area is 176 Å². The lowest BCUT2D eigenvalue weighted by Crippen LogP contribution is -2.21. The molecule has 0 atom stereocenters. The summed E-state index contributed by atoms with van der Waals surface area (Å²) in [6.45, 7) is 11.7. The number of benzene rings is 2. The van der Waals surface area contributed by atoms with E-state index in [1.165, 1.54) is 0 Å². The summed E-state index contributed by atoms with van der Waals surface area (Å²) in [6, 6.07) is 11.1. The molecule has 156 valence electrons. The van der Waals surface area contributed by atoms with Crippen molar-refractivity contribution >= 4 is 28.9 Å². The number of allylic oxidation sites excluding steroid dienone is 1. The van der Waals surface area contributed by atoms with Crippen LogP contribution in [0.5, 0.6) is 5.75 Å². The first-order valence-corrected chi connectivity index (χ1v) is 10.5. The van der Waals surface area contributed by atoms with Gasteiger partial charge in [0.05, 0.1) is 11.1 Å². The Hall–Kier alpha value is -3.28. The topological polar surface area (TPSA) is 59.1 Å². The van der Waals surface area contributed by atoms with Crippen LogP contribution in [0.15, 0.2) is 42.2 Å². The van der Waals surface area contributed by atoms with E-state index in [4.69, 9.17) is 9.47 Å². The Balaban J connectivity index is 1.77. The van der Waals surface area contributed by atoms with E-state index in [2.05, 4.69) is 37.5 Å². The summed E-state index contributed by atoms with van der Waals surface area (Å²) in [5.74, 6) is 0.0474. The zero-order valence-electron chi connectivity index (χ0n) is 17.8. The van der Waals surface area contributed by atoms with Gasteiger partial charge in [-0.15, -0.1) is 0 Å². The van der Waals surface area contributed by atoms with Crippen LogP contribution in [0.4, 0.5) is 11.4 Å². The Morgan fingerprint density at radius 3 is 1.83 bits per heavy atom. The number of fused-ring (bicyclic) bond motifs is 2. The molecule has 0 saturated carbocycles. The Morgan fingerprint density at radius 1 is 0.667 bits per heavy atom. The number of hydrogen-bond acceptors (Lipinski definition) is 6. The monoisotopic (exact) mass is 406 g/mol. The van der Waals surface area contributed by atoms with Crippen molar-refractivity contribution in [1.82, 2.24) is 0 Å². The van der Waals surface area contributed by atoms with Gasteiger partial charge in [0.15, 0.2) is 5.76 Å². The molecular weight excluding hydrogens is 380 g/mol. The van der Waals surface area contributed by atoms with Gasteiger partial charge in [-0.2, -0.15) is 0 Å². The molecule has 0 saturated heterocycles. The third-order valence-electron chi connectivity index (χ3n) is 5.75. The molecule has 2 heterocycles. The number of rotatable bonds is 6. The van der Waals surface area contributed by atoms with Gasteiger partial charge in [-0.25, -0.2) is 4.79 Å². The summed E-state index contributed by atoms with van der Waals surface area (Å²) < 4.78 is 11.5. The first kappa shape index (κ1) is 20.0. The second kappa shape index (κ2) is 7.86. The molecule has 0 spiro atoms. The molecule has 6 heteroatoms. The fourth-order valence-electron chi connectivity index (χ4n) is 4.05. The van der Waals surface area contributed by atoms with Crippen LogP contribution in [0.25, 0.3) is 5.76 Å². The van der Waals surface area contributed by atoms with Gasteiger partial charge < -0.3 is 19.3 Å². The van der Waals surface area contributed by atoms with Gasteiger partial charge in [0.2, 0.25) is 11.5 Å². The molecule has 0 N–H and O–H groups in total. The van der Waals surface area contributed by atoms with Gasteiger partial charge in [-0.05, 0) is 58.0 Å². The highest BCUT2D eigenvalue weighted by molar-refractivity contribution is 6.18. The lowest BCUT2D eigenvalue weighted by molar-refractivity contribution is 0.0710. The van der Waals surface area contributed by atoms with Crippen molar-refractivity contribution in [3.63, 3.8) is 0 Å². The highest BCUT2D eigenvalue weighted by atomic mass is 16.6. The van der Waals surface area contributed by atoms with Gasteiger partial charge >= 0.3 is 5.97 Å². The summed E-state index contributed by atoms with van der Waals surface area (Å²) in [4.78, 5) is 29.8. The fraction of sp³-hybridized carbons (Fsp3) is 0.333. The van der Waals surface area contributed by atoms with E-state index in [1.807, 2.05) is 24.3 Å². The predicted octanol–water partition coefficient (Wildman–Crippen LogP) is 4.49. The molecule has 2 aliphatic heterocycles. The normalized spacial score (nSPS) is 16.8. The van der Waals surface area contributed by atoms with Crippen molar-refractivity contribution in [3.8, 4) is 5.75 Å². The van der Waals surface area contributed by atoms with E-state index in [0.717, 1.165) is 37.6 Å². The first-order valence-electron chi connectivity index (χ1n) is 10.5. The van der Waals surface area contributed by atoms with Gasteiger partial charge in [0.25, 0.3) is 0 Å². The summed E-state index contributed by atoms with van der Waals surface area (Å²) >= 11 is 0. The average molecular weight is 406 g/mol. The maximum atomic E-state index is 13.1. The molecule has 6 nitrogen and oxygen atoms in total. The van der Waals surface area contributed by atoms with E-state index in [1.54, 1.807) is 12.1 Å². The van der Waals surface area contributed by atoms with Gasteiger partial charge in [0, 0.05) is 49.2 Å². The first-order chi connectivity index (χ1) is 14.5. The van der Waals surface area contributed by atoms with Gasteiger partial charge in [-0.3, -0.25) is 4.79 Å². The SMILES string of the molecule is CCN(CC)c1ccc2c(c1)O/C(=C1\OC(=O)c3ccc(N(CC)CC)cc31)C2=O. The van der Waals surface area contributed by atoms with Crippen molar-refractivity contribution in [3.05, 3.63) is 58.8 Å². The number of hydrogen-bond donors (Lipinski definition) is 0. The highest BCUT2D eigenvalue weighted by Crippen LogP contribution is 2.41. The fourth-order valence-corrected chi connectivity index (χ4v) is 4.05. The highest BCUT2D eigenvalue weighted by Gasteiger charge is 2.38. The molecule has 0 unspecified atom stereocenters. The molecular formula is C24H26N2O4. The number of Topliss-reactive ketones (excluding diaryl/α,β-unsaturated/α-hetero) is 1. The standard InChI is InChI=1S/C24H26N2O4/c1-5-25(6-2)15-9-11-17-19(13-15)22(30-24(17)28)23-21(27)18-12-10-16(14-20(18)29-23)26(7-3)8-4/h9-14H,5-8H2,1-4H3/b23-22-. The average Bonchev–Trinajstić information content (AvgIpc) is 3.26. The molecule has 2 aromatic rings. The van der Waals surface area contributed by atoms with Crippen LogP contribution in [0.3, 0.4) is 0 Å². The van der Waals surface area contributed by atoms with Gasteiger partial charge in [-0.1, -0.05) is 0 Å². The zero-order valence-corrected chi connectivity index (χ0v) is 17.8. The number of ether oxygens (including phenoxy) is 2. The number of carbonyl (C=O) groups is 2. The van der Waals surface area contributed by atoms with Crippen molar-refractivity contribution in [2.75, 3.05) is 36.0 Å². The lowest BCUT2D eigenvalue weighted by atomic mass is 10.0. The Kier molecular flexibility index (Phi) is 5.24. The molecule has 0 radical (unpaired) electrons. The minimum absolute atomic E-state index is 0.0745. The maximum Gasteiger partial charge on any atom is 0.344 e. The predicted molar refractivity (Wildman–Crippen MR) is 117 cm³/mol. The second-order valence-electron chi connectivity index (χ2n) is 7.23. The molecule has 0 aromatic heterocycles. The zero-order chi connectivity index (χ0) is 21.4. The summed E-state index contributed by atoms with van der Waals surface area (Å²) in [6.07, 6.45) is 0. The van der Waals surface area contributed by atoms with Crippen molar-refractivity contribution in [1.29, 1.82) is 0 Å². The minimum atomic E-state index is -0.463. The Bertz CT molecular complexity index is 1050. The number of esters is 1. The van der Waals surface area contributed by atoms with E-state index < -0.39 is 5.97 Å². The van der Waals surface area contributed by atoms with E-state index in [9.17, 15) is 9.59 Å². The number of carbonyl (C=O) groups excluding carboxylic acids is 2. The number of cyclic esters (lactones) is 1. The van der Waals surface area contributed by atoms with Crippen LogP contribution in [-0.4, -0.2) is 37.9 Å². The van der Waals surface area contributed by atoms with Crippen molar-refractivity contribution in [2.45, 2.75) is 27.7 Å². The largest absolute Gasteiger partial charge is 0.448 e. The van der Waals surface area contributed by atoms with Crippen LogP contribution in [0.2, 0.25) is 0 Å². The molecule has 2 aliphatic rings. The second-order valence-corrected chi connectivity index (χ2v) is 7.23. The molecule has 2 aromatic carbocycles. The minimum Gasteiger partial charge on any atom is -0.448 e. The van der Waals surface area contributed by atoms with E-state index >= 15 is 0 Å². The van der Waals surface area contributed by atoms with Crippen LogP contribution >= 0.6 is 0 Å². The summed E-state index contributed by atoms with van der Waals surface area (Å²) in [5, 5.41) is 0. The smallest absolute Gasteiger partial charge is 0.344 e. The van der Waals surface area contributed by atoms with Crippen molar-refractivity contribution in [2.24, 2.45) is 0 Å². The van der Waals surface area contributed by atoms with E-state index in [0.29, 0.717) is 22.4 Å². The molecule has 0 fully saturated rings. The Morgan fingerprint density at radius 2 is 1.23 bits per heavy atom. The summed E-state index contributed by atoms with van der Waals surface area (Å²) in [5.41, 5.74) is 3.50. The van der Waals surface area contributed by atoms with Crippen LogP contribution < -0.4 is 14.5 Å². The van der Waals surface area contributed by atoms with E-state index in [-0.39, 0.29) is 17.3 Å². The van der Waals surface area contributed by atoms with Crippen LogP contribution in [0.1, 0.15) is 54.0 Å². The number of anilines is 2. The maximum absolute atomic E-state index is 13.1. The quantitative estimate of drug-likeness (QED) is 0.520. The third kappa shape index (κ3) is 3.12. The lowest BCUT2D eigenvalue weighted by Gasteiger charge is -2.21. The molecule has 0 aliphatic carbocycles. The summed E-state index contributed by atoms with van der Waals surface area (Å²) in [7, 11) is 0. The van der Waals surface area contributed by atoms with Crippen LogP contribution in [-0.2, 0) is 4.74 Å². The number of ketones is 1. The van der Waals surface area contributed by atoms with Gasteiger partial charge in [0.1, 0.15) is 5.75 Å². The number of nitrogens with zero attached hydrogens (tertiary/aromatic N) is 2.